The predicted octanol–water partition coefficient (Wildman–Crippen LogP) is 6.74. The summed E-state index contributed by atoms with van der Waals surface area (Å²) in [5.74, 6) is 0. The molecule has 3 nitrogen and oxygen atoms in total. The van der Waals surface area contributed by atoms with Gasteiger partial charge in [-0.25, -0.2) is 0 Å². The first kappa shape index (κ1) is 23.2. The van der Waals surface area contributed by atoms with E-state index in [2.05, 4.69) is 13.8 Å². The first-order valence-corrected chi connectivity index (χ1v) is 12.0. The lowest BCUT2D eigenvalue weighted by atomic mass is 9.96. The van der Waals surface area contributed by atoms with Gasteiger partial charge in [-0.2, -0.15) is 8.42 Å². The van der Waals surface area contributed by atoms with Crippen LogP contribution in [-0.2, 0) is 23.0 Å². The van der Waals surface area contributed by atoms with Gasteiger partial charge in [0, 0.05) is 0 Å². The van der Waals surface area contributed by atoms with Crippen LogP contribution in [0.3, 0.4) is 0 Å². The minimum atomic E-state index is -4.15. The van der Waals surface area contributed by atoms with E-state index in [9.17, 15) is 13.0 Å². The zero-order chi connectivity index (χ0) is 19.3. The molecule has 4 heteroatoms. The molecule has 0 spiro atoms. The molecular weight excluding hydrogens is 344 g/mol. The van der Waals surface area contributed by atoms with E-state index in [1.54, 1.807) is 12.1 Å². The highest BCUT2D eigenvalue weighted by Gasteiger charge is 2.17. The fourth-order valence-electron chi connectivity index (χ4n) is 3.55. The summed E-state index contributed by atoms with van der Waals surface area (Å²) in [6.45, 7) is 4.42. The standard InChI is InChI=1S/C22H38O3S/c1-3-5-7-9-10-12-14-18-21-20(16-13-11-8-6-4-2)17-15-19-22(21)26(23,24)25/h15,17,19H,3-14,16,18H2,1-2H3,(H,23,24,25). The quantitative estimate of drug-likeness (QED) is 0.270. The first-order chi connectivity index (χ1) is 12.5. The van der Waals surface area contributed by atoms with Crippen LogP contribution in [0.25, 0.3) is 0 Å². The molecule has 0 atom stereocenters. The molecule has 0 bridgehead atoms. The zero-order valence-electron chi connectivity index (χ0n) is 16.8. The number of aryl methyl sites for hydroxylation is 1. The maximum Gasteiger partial charge on any atom is 0.294 e. The summed E-state index contributed by atoms with van der Waals surface area (Å²) in [6.07, 6.45) is 16.1. The summed E-state index contributed by atoms with van der Waals surface area (Å²) in [5.41, 5.74) is 1.95. The highest BCUT2D eigenvalue weighted by atomic mass is 32.2. The third-order valence-electron chi connectivity index (χ3n) is 5.09. The fraction of sp³-hybridized carbons (Fsp3) is 0.727. The Balaban J connectivity index is 2.65. The topological polar surface area (TPSA) is 54.4 Å². The lowest BCUT2D eigenvalue weighted by Crippen LogP contribution is -2.07. The van der Waals surface area contributed by atoms with Gasteiger partial charge in [0.1, 0.15) is 0 Å². The molecule has 0 saturated carbocycles. The molecule has 0 aliphatic rings. The second-order valence-electron chi connectivity index (χ2n) is 7.40. The average molecular weight is 383 g/mol. The average Bonchev–Trinajstić information content (AvgIpc) is 2.60. The largest absolute Gasteiger partial charge is 0.294 e. The molecule has 0 radical (unpaired) electrons. The maximum absolute atomic E-state index is 11.8. The van der Waals surface area contributed by atoms with E-state index in [1.807, 2.05) is 6.07 Å². The molecule has 150 valence electrons. The third-order valence-corrected chi connectivity index (χ3v) is 6.03. The van der Waals surface area contributed by atoms with Crippen molar-refractivity contribution in [2.45, 2.75) is 109 Å². The molecule has 0 heterocycles. The minimum Gasteiger partial charge on any atom is -0.282 e. The van der Waals surface area contributed by atoms with Crippen molar-refractivity contribution in [3.8, 4) is 0 Å². The van der Waals surface area contributed by atoms with Gasteiger partial charge in [-0.15, -0.1) is 0 Å². The maximum atomic E-state index is 11.8. The van der Waals surface area contributed by atoms with E-state index in [1.165, 1.54) is 57.8 Å². The van der Waals surface area contributed by atoms with Gasteiger partial charge in [-0.3, -0.25) is 4.55 Å². The van der Waals surface area contributed by atoms with Crippen LogP contribution in [0.15, 0.2) is 23.1 Å². The van der Waals surface area contributed by atoms with Crippen LogP contribution in [0.2, 0.25) is 0 Å². The van der Waals surface area contributed by atoms with Gasteiger partial charge >= 0.3 is 0 Å². The Bertz CT molecular complexity index is 593. The van der Waals surface area contributed by atoms with Crippen molar-refractivity contribution in [2.24, 2.45) is 0 Å². The predicted molar refractivity (Wildman–Crippen MR) is 110 cm³/mol. The fourth-order valence-corrected chi connectivity index (χ4v) is 4.34. The Morgan fingerprint density at radius 2 is 1.23 bits per heavy atom. The van der Waals surface area contributed by atoms with Crippen molar-refractivity contribution in [3.63, 3.8) is 0 Å². The van der Waals surface area contributed by atoms with Gasteiger partial charge in [0.15, 0.2) is 0 Å². The molecular formula is C22H38O3S. The summed E-state index contributed by atoms with van der Waals surface area (Å²) in [5, 5.41) is 0. The van der Waals surface area contributed by atoms with Gasteiger partial charge in [0.25, 0.3) is 10.1 Å². The third kappa shape index (κ3) is 9.18. The lowest BCUT2D eigenvalue weighted by Gasteiger charge is -2.13. The van der Waals surface area contributed by atoms with Gasteiger partial charge in [-0.05, 0) is 42.9 Å². The van der Waals surface area contributed by atoms with Crippen LogP contribution in [0.4, 0.5) is 0 Å². The van der Waals surface area contributed by atoms with Gasteiger partial charge in [-0.1, -0.05) is 90.2 Å². The Labute approximate surface area is 161 Å². The van der Waals surface area contributed by atoms with Crippen LogP contribution in [0.1, 0.15) is 102 Å². The molecule has 0 aromatic heterocycles. The van der Waals surface area contributed by atoms with Crippen molar-refractivity contribution in [1.29, 1.82) is 0 Å². The second kappa shape index (κ2) is 13.3. The smallest absolute Gasteiger partial charge is 0.282 e. The summed E-state index contributed by atoms with van der Waals surface area (Å²) in [6, 6.07) is 5.34. The van der Waals surface area contributed by atoms with Crippen molar-refractivity contribution < 1.29 is 13.0 Å². The second-order valence-corrected chi connectivity index (χ2v) is 8.79. The zero-order valence-corrected chi connectivity index (χ0v) is 17.6. The normalized spacial score (nSPS) is 11.8. The molecule has 1 aromatic rings. The van der Waals surface area contributed by atoms with Crippen molar-refractivity contribution in [3.05, 3.63) is 29.3 Å². The highest BCUT2D eigenvalue weighted by molar-refractivity contribution is 7.85. The van der Waals surface area contributed by atoms with E-state index in [-0.39, 0.29) is 4.90 Å². The summed E-state index contributed by atoms with van der Waals surface area (Å²) in [4.78, 5) is 0.120. The minimum absolute atomic E-state index is 0.120. The summed E-state index contributed by atoms with van der Waals surface area (Å²) in [7, 11) is -4.15. The number of rotatable bonds is 15. The van der Waals surface area contributed by atoms with Crippen molar-refractivity contribution in [2.75, 3.05) is 0 Å². The molecule has 0 unspecified atom stereocenters. The van der Waals surface area contributed by atoms with E-state index in [4.69, 9.17) is 0 Å². The molecule has 1 aromatic carbocycles. The van der Waals surface area contributed by atoms with Crippen molar-refractivity contribution in [1.82, 2.24) is 0 Å². The van der Waals surface area contributed by atoms with Crippen LogP contribution in [0, 0.1) is 0 Å². The molecule has 0 fully saturated rings. The SMILES string of the molecule is CCCCCCCCCc1c(CCCCCCC)cccc1S(=O)(=O)O. The highest BCUT2D eigenvalue weighted by Crippen LogP contribution is 2.24. The molecule has 1 N–H and O–H groups in total. The Kier molecular flexibility index (Phi) is 11.9. The van der Waals surface area contributed by atoms with Crippen LogP contribution < -0.4 is 0 Å². The molecule has 0 aliphatic heterocycles. The Morgan fingerprint density at radius 1 is 0.731 bits per heavy atom. The van der Waals surface area contributed by atoms with E-state index >= 15 is 0 Å². The van der Waals surface area contributed by atoms with Crippen molar-refractivity contribution >= 4 is 10.1 Å². The number of hydrogen-bond donors (Lipinski definition) is 1. The number of benzene rings is 1. The number of unbranched alkanes of at least 4 members (excludes halogenated alkanes) is 10. The van der Waals surface area contributed by atoms with E-state index < -0.39 is 10.1 Å². The lowest BCUT2D eigenvalue weighted by molar-refractivity contribution is 0.481. The molecule has 0 aliphatic carbocycles. The Hall–Kier alpha value is -0.870. The summed E-state index contributed by atoms with van der Waals surface area (Å²) >= 11 is 0. The summed E-state index contributed by atoms with van der Waals surface area (Å²) < 4.78 is 33.2. The molecule has 0 saturated heterocycles. The van der Waals surface area contributed by atoms with Crippen LogP contribution in [-0.4, -0.2) is 13.0 Å². The first-order valence-electron chi connectivity index (χ1n) is 10.6. The molecule has 1 rings (SSSR count). The van der Waals surface area contributed by atoms with Gasteiger partial charge in [0.2, 0.25) is 0 Å². The molecule has 26 heavy (non-hydrogen) atoms. The van der Waals surface area contributed by atoms with E-state index in [0.717, 1.165) is 43.2 Å². The van der Waals surface area contributed by atoms with Crippen LogP contribution >= 0.6 is 0 Å². The van der Waals surface area contributed by atoms with E-state index in [0.29, 0.717) is 0 Å². The monoisotopic (exact) mass is 382 g/mol. The van der Waals surface area contributed by atoms with Gasteiger partial charge in [0.05, 0.1) is 4.90 Å². The Morgan fingerprint density at radius 3 is 1.77 bits per heavy atom. The molecule has 0 amide bonds. The number of hydrogen-bond acceptors (Lipinski definition) is 2. The van der Waals surface area contributed by atoms with Crippen LogP contribution in [0.5, 0.6) is 0 Å². The van der Waals surface area contributed by atoms with Gasteiger partial charge < -0.3 is 0 Å².